The zero-order chi connectivity index (χ0) is 27.9. The summed E-state index contributed by atoms with van der Waals surface area (Å²) in [5.74, 6) is 0. The van der Waals surface area contributed by atoms with E-state index in [0.717, 1.165) is 0 Å². The van der Waals surface area contributed by atoms with Crippen LogP contribution in [0, 0.1) is 13.8 Å². The molecule has 2 aromatic heterocycles. The maximum Gasteiger partial charge on any atom is 0.0434 e. The second-order valence-electron chi connectivity index (χ2n) is 11.5. The Balaban J connectivity index is 1.22. The maximum absolute atomic E-state index is 2.42. The van der Waals surface area contributed by atoms with Gasteiger partial charge in [0.2, 0.25) is 0 Å². The van der Waals surface area contributed by atoms with Crippen LogP contribution in [0.15, 0.2) is 121 Å². The topological polar surface area (TPSA) is 0 Å². The van der Waals surface area contributed by atoms with E-state index >= 15 is 0 Å². The van der Waals surface area contributed by atoms with Crippen molar-refractivity contribution in [2.45, 2.75) is 13.8 Å². The molecule has 9 aromatic rings. The third-order valence-corrected chi connectivity index (χ3v) is 11.2. The van der Waals surface area contributed by atoms with Crippen molar-refractivity contribution in [3.05, 3.63) is 132 Å². The lowest BCUT2D eigenvalue weighted by atomic mass is 9.98. The highest BCUT2D eigenvalue weighted by atomic mass is 32.1. The van der Waals surface area contributed by atoms with Gasteiger partial charge in [0.15, 0.2) is 0 Å². The number of aryl methyl sites for hydroxylation is 2. The molecule has 0 saturated carbocycles. The van der Waals surface area contributed by atoms with Crippen LogP contribution < -0.4 is 0 Å². The van der Waals surface area contributed by atoms with Gasteiger partial charge in [-0.25, -0.2) is 0 Å². The first-order valence-corrected chi connectivity index (χ1v) is 16.0. The summed E-state index contributed by atoms with van der Waals surface area (Å²) in [4.78, 5) is 0. The molecule has 2 heterocycles. The standard InChI is InChI=1S/C40H26S2/c1-23-3-7-25(8-4-23)27-13-17-37-35(19-27)31-15-11-29-22-34-30(21-33(29)39(31)41-37)12-16-32-36-20-28(14-18-38(36)42-40(32)34)26-9-5-24(2)6-10-26/h3-22H,1-2H3. The molecule has 0 N–H and O–H groups in total. The van der Waals surface area contributed by atoms with E-state index in [1.54, 1.807) is 0 Å². The average molecular weight is 571 g/mol. The number of fused-ring (bicyclic) bond motifs is 10. The highest BCUT2D eigenvalue weighted by molar-refractivity contribution is 7.27. The summed E-state index contributed by atoms with van der Waals surface area (Å²) in [7, 11) is 0. The van der Waals surface area contributed by atoms with E-state index in [-0.39, 0.29) is 0 Å². The first-order valence-electron chi connectivity index (χ1n) is 14.4. The summed E-state index contributed by atoms with van der Waals surface area (Å²) in [6, 6.07) is 45.7. The summed E-state index contributed by atoms with van der Waals surface area (Å²) in [6.07, 6.45) is 0. The molecule has 0 atom stereocenters. The maximum atomic E-state index is 2.42. The largest absolute Gasteiger partial charge is 0.135 e. The van der Waals surface area contributed by atoms with Crippen LogP contribution in [0.1, 0.15) is 11.1 Å². The van der Waals surface area contributed by atoms with E-state index < -0.39 is 0 Å². The van der Waals surface area contributed by atoms with Gasteiger partial charge < -0.3 is 0 Å². The smallest absolute Gasteiger partial charge is 0.0434 e. The minimum Gasteiger partial charge on any atom is -0.135 e. The van der Waals surface area contributed by atoms with E-state index in [1.165, 1.54) is 95.3 Å². The Morgan fingerprint density at radius 3 is 1.17 bits per heavy atom. The Morgan fingerprint density at radius 2 is 0.738 bits per heavy atom. The van der Waals surface area contributed by atoms with E-state index in [4.69, 9.17) is 0 Å². The fourth-order valence-electron chi connectivity index (χ4n) is 6.46. The highest BCUT2D eigenvalue weighted by Gasteiger charge is 2.14. The third kappa shape index (κ3) is 3.66. The molecular weight excluding hydrogens is 545 g/mol. The summed E-state index contributed by atoms with van der Waals surface area (Å²) >= 11 is 3.83. The van der Waals surface area contributed by atoms with Crippen molar-refractivity contribution < 1.29 is 0 Å². The van der Waals surface area contributed by atoms with E-state index in [2.05, 4.69) is 135 Å². The van der Waals surface area contributed by atoms with Crippen molar-refractivity contribution in [1.29, 1.82) is 0 Å². The van der Waals surface area contributed by atoms with Crippen LogP contribution >= 0.6 is 22.7 Å². The van der Waals surface area contributed by atoms with Crippen LogP contribution in [-0.4, -0.2) is 0 Å². The molecule has 0 amide bonds. The minimum absolute atomic E-state index is 1.27. The molecule has 0 fully saturated rings. The number of benzene rings is 7. The van der Waals surface area contributed by atoms with E-state index in [9.17, 15) is 0 Å². The van der Waals surface area contributed by atoms with E-state index in [1.807, 2.05) is 22.7 Å². The van der Waals surface area contributed by atoms with Gasteiger partial charge in [0, 0.05) is 51.1 Å². The van der Waals surface area contributed by atoms with Crippen LogP contribution in [0.2, 0.25) is 0 Å². The molecule has 9 rings (SSSR count). The fourth-order valence-corrected chi connectivity index (χ4v) is 8.88. The predicted molar refractivity (Wildman–Crippen MR) is 188 cm³/mol. The molecule has 0 radical (unpaired) electrons. The van der Waals surface area contributed by atoms with Crippen LogP contribution in [-0.2, 0) is 0 Å². The van der Waals surface area contributed by atoms with Crippen LogP contribution in [0.4, 0.5) is 0 Å². The first kappa shape index (κ1) is 24.1. The Labute approximate surface area is 252 Å². The molecule has 0 aliphatic rings. The Kier molecular flexibility index (Phi) is 5.17. The van der Waals surface area contributed by atoms with Gasteiger partial charge in [-0.1, -0.05) is 96.1 Å². The van der Waals surface area contributed by atoms with Gasteiger partial charge in [-0.3, -0.25) is 0 Å². The lowest BCUT2D eigenvalue weighted by molar-refractivity contribution is 1.47. The van der Waals surface area contributed by atoms with Gasteiger partial charge in [-0.2, -0.15) is 0 Å². The fraction of sp³-hybridized carbons (Fsp3) is 0.0500. The number of hydrogen-bond acceptors (Lipinski definition) is 2. The van der Waals surface area contributed by atoms with Crippen molar-refractivity contribution in [1.82, 2.24) is 0 Å². The quantitative estimate of drug-likeness (QED) is 0.181. The summed E-state index contributed by atoms with van der Waals surface area (Å²) < 4.78 is 5.45. The van der Waals surface area contributed by atoms with Crippen LogP contribution in [0.5, 0.6) is 0 Å². The molecule has 198 valence electrons. The molecule has 42 heavy (non-hydrogen) atoms. The molecule has 0 aliphatic carbocycles. The van der Waals surface area contributed by atoms with Crippen molar-refractivity contribution >= 4 is 84.6 Å². The molecule has 7 aromatic carbocycles. The van der Waals surface area contributed by atoms with Crippen molar-refractivity contribution in [3.8, 4) is 22.3 Å². The Morgan fingerprint density at radius 1 is 0.333 bits per heavy atom. The molecule has 0 bridgehead atoms. The third-order valence-electron chi connectivity index (χ3n) is 8.79. The van der Waals surface area contributed by atoms with Crippen molar-refractivity contribution in [2.24, 2.45) is 0 Å². The molecular formula is C40H26S2. The highest BCUT2D eigenvalue weighted by Crippen LogP contribution is 2.44. The normalized spacial score (nSPS) is 12.0. The van der Waals surface area contributed by atoms with Gasteiger partial charge in [0.1, 0.15) is 0 Å². The first-order chi connectivity index (χ1) is 20.6. The predicted octanol–water partition coefficient (Wildman–Crippen LogP) is 12.7. The average Bonchev–Trinajstić information content (AvgIpc) is 3.59. The molecule has 2 heteroatoms. The number of rotatable bonds is 2. The van der Waals surface area contributed by atoms with Crippen LogP contribution in [0.3, 0.4) is 0 Å². The van der Waals surface area contributed by atoms with Crippen molar-refractivity contribution in [3.63, 3.8) is 0 Å². The van der Waals surface area contributed by atoms with Gasteiger partial charge in [-0.05, 0) is 83.3 Å². The summed E-state index contributed by atoms with van der Waals surface area (Å²) in [6.45, 7) is 4.28. The van der Waals surface area contributed by atoms with Crippen LogP contribution in [0.25, 0.3) is 84.1 Å². The minimum atomic E-state index is 1.27. The van der Waals surface area contributed by atoms with E-state index in [0.29, 0.717) is 0 Å². The number of thiophene rings is 2. The lowest BCUT2D eigenvalue weighted by Gasteiger charge is -2.06. The molecule has 0 unspecified atom stereocenters. The SMILES string of the molecule is Cc1ccc(-c2ccc3sc4c5cc6ccc7c8cc(-c9ccc(C)cc9)ccc8sc7c6cc5ccc4c3c2)cc1. The molecule has 0 spiro atoms. The van der Waals surface area contributed by atoms with Gasteiger partial charge in [0.05, 0.1) is 0 Å². The Bertz CT molecular complexity index is 2330. The van der Waals surface area contributed by atoms with Gasteiger partial charge >= 0.3 is 0 Å². The van der Waals surface area contributed by atoms with Gasteiger partial charge in [0.25, 0.3) is 0 Å². The Hall–Kier alpha value is -4.50. The zero-order valence-electron chi connectivity index (χ0n) is 23.4. The molecule has 0 aliphatic heterocycles. The second kappa shape index (κ2) is 9.00. The zero-order valence-corrected chi connectivity index (χ0v) is 25.0. The second-order valence-corrected chi connectivity index (χ2v) is 13.6. The molecule has 0 nitrogen and oxygen atoms in total. The number of hydrogen-bond donors (Lipinski definition) is 0. The van der Waals surface area contributed by atoms with Gasteiger partial charge in [-0.15, -0.1) is 22.7 Å². The summed E-state index contributed by atoms with van der Waals surface area (Å²) in [5.41, 5.74) is 7.68. The summed E-state index contributed by atoms with van der Waals surface area (Å²) in [5, 5.41) is 10.7. The molecule has 0 saturated heterocycles. The van der Waals surface area contributed by atoms with Crippen molar-refractivity contribution in [2.75, 3.05) is 0 Å². The lowest BCUT2D eigenvalue weighted by Crippen LogP contribution is -1.80. The monoisotopic (exact) mass is 570 g/mol.